The number of aromatic nitrogens is 4. The Bertz CT molecular complexity index is 2050. The largest absolute Gasteiger partial charge is 0.382 e. The number of hydrogen-bond donors (Lipinski definition) is 1. The second kappa shape index (κ2) is 10.9. The summed E-state index contributed by atoms with van der Waals surface area (Å²) in [4.78, 5) is 14.7. The summed E-state index contributed by atoms with van der Waals surface area (Å²) in [5, 5.41) is 1.04. The van der Waals surface area contributed by atoms with Gasteiger partial charge in [0.2, 0.25) is 0 Å². The summed E-state index contributed by atoms with van der Waals surface area (Å²) in [5.74, 6) is 1.42. The summed E-state index contributed by atoms with van der Waals surface area (Å²) in [6.07, 6.45) is 5.93. The Hall–Kier alpha value is -4.60. The number of imidazole rings is 1. The molecule has 0 radical (unpaired) electrons. The van der Waals surface area contributed by atoms with Gasteiger partial charge in [0.1, 0.15) is 22.9 Å². The Kier molecular flexibility index (Phi) is 6.91. The van der Waals surface area contributed by atoms with Crippen LogP contribution in [0.4, 0.5) is 5.82 Å². The van der Waals surface area contributed by atoms with Gasteiger partial charge in [-0.1, -0.05) is 66.2 Å². The topological polar surface area (TPSA) is 112 Å². The van der Waals surface area contributed by atoms with Gasteiger partial charge in [0.25, 0.3) is 10.1 Å². The van der Waals surface area contributed by atoms with Gasteiger partial charge in [-0.25, -0.2) is 15.0 Å². The maximum Gasteiger partial charge on any atom is 0.297 e. The number of benzene rings is 3. The summed E-state index contributed by atoms with van der Waals surface area (Å²) in [6.45, 7) is 1.92. The predicted molar refractivity (Wildman–Crippen MR) is 168 cm³/mol. The lowest BCUT2D eigenvalue weighted by atomic mass is 9.87. The lowest BCUT2D eigenvalue weighted by Crippen LogP contribution is -2.24. The molecule has 2 N–H and O–H groups in total. The average Bonchev–Trinajstić information content (AvgIpc) is 3.42. The molecule has 9 heteroatoms. The number of rotatable bonds is 6. The van der Waals surface area contributed by atoms with E-state index in [0.29, 0.717) is 18.7 Å². The van der Waals surface area contributed by atoms with E-state index in [1.807, 2.05) is 47.9 Å². The van der Waals surface area contributed by atoms with E-state index in [-0.39, 0.29) is 16.9 Å². The minimum absolute atomic E-state index is 0.119. The van der Waals surface area contributed by atoms with E-state index < -0.39 is 10.1 Å². The van der Waals surface area contributed by atoms with Gasteiger partial charge in [0.05, 0.1) is 22.2 Å². The van der Waals surface area contributed by atoms with Crippen molar-refractivity contribution in [3.63, 3.8) is 0 Å². The Morgan fingerprint density at radius 3 is 2.37 bits per heavy atom. The van der Waals surface area contributed by atoms with Crippen LogP contribution >= 0.6 is 0 Å². The molecule has 0 bridgehead atoms. The molecule has 3 aromatic carbocycles. The molecule has 1 fully saturated rings. The molecule has 7 rings (SSSR count). The fraction of sp³-hybridized carbons (Fsp3) is 0.206. The van der Waals surface area contributed by atoms with E-state index in [0.717, 1.165) is 63.2 Å². The van der Waals surface area contributed by atoms with Crippen LogP contribution in [0.5, 0.6) is 0 Å². The quantitative estimate of drug-likeness (QED) is 0.210. The molecule has 0 amide bonds. The Morgan fingerprint density at radius 2 is 1.60 bits per heavy atom. The van der Waals surface area contributed by atoms with Crippen molar-refractivity contribution >= 4 is 32.4 Å². The molecule has 1 saturated carbocycles. The molecule has 0 aliphatic heterocycles. The van der Waals surface area contributed by atoms with Gasteiger partial charge in [-0.2, -0.15) is 8.42 Å². The van der Waals surface area contributed by atoms with E-state index >= 15 is 0 Å². The monoisotopic (exact) mass is 589 g/mol. The fourth-order valence-corrected chi connectivity index (χ4v) is 7.10. The third-order valence-electron chi connectivity index (χ3n) is 8.26. The van der Waals surface area contributed by atoms with Crippen molar-refractivity contribution in [2.24, 2.45) is 0 Å². The number of aryl methyl sites for hydroxylation is 1. The lowest BCUT2D eigenvalue weighted by molar-refractivity contribution is 0.152. The summed E-state index contributed by atoms with van der Waals surface area (Å²) in [6, 6.07) is 27.1. The summed E-state index contributed by atoms with van der Waals surface area (Å²) >= 11 is 0. The highest BCUT2D eigenvalue weighted by molar-refractivity contribution is 7.86. The van der Waals surface area contributed by atoms with E-state index in [9.17, 15) is 8.42 Å². The molecule has 8 nitrogen and oxygen atoms in total. The van der Waals surface area contributed by atoms with Crippen molar-refractivity contribution < 1.29 is 12.6 Å². The number of fused-ring (bicyclic) bond motifs is 2. The summed E-state index contributed by atoms with van der Waals surface area (Å²) in [5.41, 5.74) is 12.7. The van der Waals surface area contributed by atoms with Gasteiger partial charge in [-0.05, 0) is 56.9 Å². The van der Waals surface area contributed by atoms with Crippen LogP contribution in [0, 0.1) is 6.92 Å². The Labute approximate surface area is 250 Å². The van der Waals surface area contributed by atoms with Crippen molar-refractivity contribution in [1.29, 1.82) is 0 Å². The number of pyridine rings is 1. The van der Waals surface area contributed by atoms with Crippen LogP contribution in [0.2, 0.25) is 0 Å². The highest BCUT2D eigenvalue weighted by atomic mass is 32.2. The molecular formula is C34H31N5O3S. The van der Waals surface area contributed by atoms with Gasteiger partial charge >= 0.3 is 0 Å². The highest BCUT2D eigenvalue weighted by Gasteiger charge is 2.31. The first-order valence-electron chi connectivity index (χ1n) is 14.4. The zero-order chi connectivity index (χ0) is 29.6. The van der Waals surface area contributed by atoms with Crippen LogP contribution in [-0.2, 0) is 14.3 Å². The molecule has 43 heavy (non-hydrogen) atoms. The van der Waals surface area contributed by atoms with Crippen molar-refractivity contribution in [3.8, 4) is 22.5 Å². The molecule has 6 aromatic rings. The van der Waals surface area contributed by atoms with Gasteiger partial charge in [-0.3, -0.25) is 8.58 Å². The zero-order valence-corrected chi connectivity index (χ0v) is 24.5. The Morgan fingerprint density at radius 1 is 0.860 bits per heavy atom. The van der Waals surface area contributed by atoms with Crippen molar-refractivity contribution in [3.05, 3.63) is 109 Å². The molecule has 1 aliphatic carbocycles. The average molecular weight is 590 g/mol. The predicted octanol–water partition coefficient (Wildman–Crippen LogP) is 6.93. The van der Waals surface area contributed by atoms with Crippen molar-refractivity contribution in [2.75, 3.05) is 5.73 Å². The van der Waals surface area contributed by atoms with Gasteiger partial charge < -0.3 is 5.73 Å². The summed E-state index contributed by atoms with van der Waals surface area (Å²) < 4.78 is 33.4. The molecular weight excluding hydrogens is 558 g/mol. The van der Waals surface area contributed by atoms with Crippen LogP contribution in [0.15, 0.2) is 102 Å². The first-order valence-corrected chi connectivity index (χ1v) is 15.9. The summed E-state index contributed by atoms with van der Waals surface area (Å²) in [7, 11) is -3.82. The SMILES string of the molecule is Cc1ccc(S(=O)(=O)OC2CCC(c3nc(-c4ccc5ccc(-c6ccccc6)nc5c4)c4c(N)nccn34)CC2)cc1. The molecule has 1 aliphatic rings. The normalized spacial score (nSPS) is 17.4. The zero-order valence-electron chi connectivity index (χ0n) is 23.7. The van der Waals surface area contributed by atoms with Crippen LogP contribution in [0.25, 0.3) is 38.9 Å². The van der Waals surface area contributed by atoms with Crippen LogP contribution in [0.3, 0.4) is 0 Å². The first kappa shape index (κ1) is 27.2. The molecule has 0 unspecified atom stereocenters. The van der Waals surface area contributed by atoms with E-state index in [2.05, 4.69) is 35.3 Å². The minimum Gasteiger partial charge on any atom is -0.382 e. The van der Waals surface area contributed by atoms with E-state index in [1.54, 1.807) is 30.5 Å². The number of anilines is 1. The van der Waals surface area contributed by atoms with Crippen molar-refractivity contribution in [1.82, 2.24) is 19.4 Å². The number of nitrogen functional groups attached to an aromatic ring is 1. The second-order valence-electron chi connectivity index (χ2n) is 11.2. The van der Waals surface area contributed by atoms with Crippen LogP contribution in [0.1, 0.15) is 43.0 Å². The molecule has 3 heterocycles. The standard InChI is InChI=1S/C34H31N5O3S/c1-22-7-16-28(17-8-22)43(40,41)42-27-14-11-25(12-15-27)34-38-31(32-33(35)36-19-20-39(32)34)26-10-9-24-13-18-29(37-30(24)21-26)23-5-3-2-4-6-23/h2-10,13,16-21,25,27H,11-12,14-15H2,1H3,(H2,35,36). The molecule has 3 aromatic heterocycles. The van der Waals surface area contributed by atoms with Gasteiger partial charge in [0.15, 0.2) is 0 Å². The molecule has 0 saturated heterocycles. The van der Waals surface area contributed by atoms with Crippen LogP contribution < -0.4 is 5.73 Å². The second-order valence-corrected chi connectivity index (χ2v) is 12.7. The van der Waals surface area contributed by atoms with Crippen molar-refractivity contribution in [2.45, 2.75) is 49.5 Å². The number of nitrogens with zero attached hydrogens (tertiary/aromatic N) is 4. The number of hydrogen-bond acceptors (Lipinski definition) is 7. The molecule has 0 atom stereocenters. The molecule has 0 spiro atoms. The van der Waals surface area contributed by atoms with E-state index in [1.165, 1.54) is 0 Å². The highest BCUT2D eigenvalue weighted by Crippen LogP contribution is 2.38. The van der Waals surface area contributed by atoms with E-state index in [4.69, 9.17) is 19.9 Å². The maximum atomic E-state index is 12.9. The van der Waals surface area contributed by atoms with Gasteiger partial charge in [0, 0.05) is 34.8 Å². The smallest absolute Gasteiger partial charge is 0.297 e. The minimum atomic E-state index is -3.82. The van der Waals surface area contributed by atoms with Crippen LogP contribution in [-0.4, -0.2) is 33.9 Å². The van der Waals surface area contributed by atoms with Gasteiger partial charge in [-0.15, -0.1) is 0 Å². The molecule has 216 valence electrons. The fourth-order valence-electron chi connectivity index (χ4n) is 5.97. The number of nitrogens with two attached hydrogens (primary N) is 1. The third kappa shape index (κ3) is 5.26. The first-order chi connectivity index (χ1) is 20.9. The lowest BCUT2D eigenvalue weighted by Gasteiger charge is -2.27. The maximum absolute atomic E-state index is 12.9. The third-order valence-corrected chi connectivity index (χ3v) is 9.63. The Balaban J connectivity index is 1.18.